The molecule has 0 atom stereocenters. The van der Waals surface area contributed by atoms with Gasteiger partial charge >= 0.3 is 0 Å². The van der Waals surface area contributed by atoms with Crippen molar-refractivity contribution in [3.05, 3.63) is 46.8 Å². The molecule has 0 unspecified atom stereocenters. The van der Waals surface area contributed by atoms with Crippen LogP contribution in [-0.2, 0) is 6.61 Å². The fourth-order valence-electron chi connectivity index (χ4n) is 1.17. The number of rotatable bonds is 4. The standard InChI is InChI=1S/C11H8ClNO3/c12-10-3-8(5-14)1-2-11(10)15-6-9-4-13-16-7-9/h1-5,7H,6H2. The van der Waals surface area contributed by atoms with Gasteiger partial charge in [0, 0.05) is 11.1 Å². The molecule has 0 saturated carbocycles. The molecular formula is C11H8ClNO3. The Bertz CT molecular complexity index is 482. The fourth-order valence-corrected chi connectivity index (χ4v) is 1.41. The van der Waals surface area contributed by atoms with Crippen molar-refractivity contribution in [2.24, 2.45) is 0 Å². The van der Waals surface area contributed by atoms with E-state index in [4.69, 9.17) is 16.3 Å². The van der Waals surface area contributed by atoms with E-state index in [-0.39, 0.29) is 0 Å². The third-order valence-electron chi connectivity index (χ3n) is 1.97. The minimum Gasteiger partial charge on any atom is -0.487 e. The van der Waals surface area contributed by atoms with Crippen LogP contribution in [0.15, 0.2) is 35.2 Å². The lowest BCUT2D eigenvalue weighted by Gasteiger charge is -2.06. The SMILES string of the molecule is O=Cc1ccc(OCc2cnoc2)c(Cl)c1. The summed E-state index contributed by atoms with van der Waals surface area (Å²) in [7, 11) is 0. The Morgan fingerprint density at radius 1 is 1.50 bits per heavy atom. The maximum absolute atomic E-state index is 10.5. The number of hydrogen-bond acceptors (Lipinski definition) is 4. The summed E-state index contributed by atoms with van der Waals surface area (Å²) in [6.45, 7) is 0.323. The van der Waals surface area contributed by atoms with E-state index in [0.717, 1.165) is 11.8 Å². The van der Waals surface area contributed by atoms with Gasteiger partial charge in [0.2, 0.25) is 0 Å². The Morgan fingerprint density at radius 2 is 2.38 bits per heavy atom. The van der Waals surface area contributed by atoms with Crippen LogP contribution in [0, 0.1) is 0 Å². The first-order valence-electron chi connectivity index (χ1n) is 4.55. The Morgan fingerprint density at radius 3 is 3.00 bits per heavy atom. The molecule has 1 aromatic heterocycles. The monoisotopic (exact) mass is 237 g/mol. The second kappa shape index (κ2) is 4.81. The molecule has 4 nitrogen and oxygen atoms in total. The largest absolute Gasteiger partial charge is 0.487 e. The first-order valence-corrected chi connectivity index (χ1v) is 4.93. The van der Waals surface area contributed by atoms with Gasteiger partial charge in [0.1, 0.15) is 24.9 Å². The molecule has 16 heavy (non-hydrogen) atoms. The summed E-state index contributed by atoms with van der Waals surface area (Å²) in [5.74, 6) is 0.522. The lowest BCUT2D eigenvalue weighted by molar-refractivity contribution is 0.112. The highest BCUT2D eigenvalue weighted by Crippen LogP contribution is 2.25. The maximum Gasteiger partial charge on any atom is 0.150 e. The normalized spacial score (nSPS) is 10.1. The van der Waals surface area contributed by atoms with E-state index in [1.165, 1.54) is 6.26 Å². The van der Waals surface area contributed by atoms with Crippen molar-refractivity contribution >= 4 is 17.9 Å². The van der Waals surface area contributed by atoms with Crippen LogP contribution in [0.2, 0.25) is 5.02 Å². The average molecular weight is 238 g/mol. The Labute approximate surface area is 96.8 Å². The molecule has 0 amide bonds. The zero-order valence-electron chi connectivity index (χ0n) is 8.22. The van der Waals surface area contributed by atoms with Crippen molar-refractivity contribution in [1.82, 2.24) is 5.16 Å². The van der Waals surface area contributed by atoms with Crippen LogP contribution in [0.4, 0.5) is 0 Å². The Kier molecular flexibility index (Phi) is 3.22. The van der Waals surface area contributed by atoms with Gasteiger partial charge in [-0.3, -0.25) is 4.79 Å². The van der Waals surface area contributed by atoms with E-state index in [2.05, 4.69) is 9.68 Å². The van der Waals surface area contributed by atoms with E-state index in [0.29, 0.717) is 22.9 Å². The number of nitrogens with zero attached hydrogens (tertiary/aromatic N) is 1. The van der Waals surface area contributed by atoms with Gasteiger partial charge in [0.15, 0.2) is 0 Å². The van der Waals surface area contributed by atoms with Crippen LogP contribution in [0.25, 0.3) is 0 Å². The van der Waals surface area contributed by atoms with Crippen molar-refractivity contribution in [2.45, 2.75) is 6.61 Å². The van der Waals surface area contributed by atoms with Gasteiger partial charge in [0.25, 0.3) is 0 Å². The number of carbonyl (C=O) groups excluding carboxylic acids is 1. The van der Waals surface area contributed by atoms with E-state index >= 15 is 0 Å². The number of aromatic nitrogens is 1. The summed E-state index contributed by atoms with van der Waals surface area (Å²) in [6, 6.07) is 4.85. The number of halogens is 1. The number of carbonyl (C=O) groups is 1. The molecular weight excluding hydrogens is 230 g/mol. The smallest absolute Gasteiger partial charge is 0.150 e. The molecule has 0 fully saturated rings. The van der Waals surface area contributed by atoms with E-state index in [1.807, 2.05) is 0 Å². The fraction of sp³-hybridized carbons (Fsp3) is 0.0909. The summed E-state index contributed by atoms with van der Waals surface area (Å²) < 4.78 is 10.1. The highest BCUT2D eigenvalue weighted by atomic mass is 35.5. The molecule has 1 heterocycles. The molecule has 0 aliphatic heterocycles. The van der Waals surface area contributed by atoms with Gasteiger partial charge in [0.05, 0.1) is 11.2 Å². The molecule has 1 aromatic carbocycles. The molecule has 0 bridgehead atoms. The molecule has 0 saturated heterocycles. The lowest BCUT2D eigenvalue weighted by Crippen LogP contribution is -1.94. The van der Waals surface area contributed by atoms with Gasteiger partial charge in [-0.2, -0.15) is 0 Å². The number of hydrogen-bond donors (Lipinski definition) is 0. The molecule has 0 radical (unpaired) electrons. The predicted octanol–water partition coefficient (Wildman–Crippen LogP) is 2.72. The van der Waals surface area contributed by atoms with Gasteiger partial charge < -0.3 is 9.26 Å². The summed E-state index contributed by atoms with van der Waals surface area (Å²) in [4.78, 5) is 10.5. The van der Waals surface area contributed by atoms with Crippen LogP contribution in [0.1, 0.15) is 15.9 Å². The Balaban J connectivity index is 2.07. The highest BCUT2D eigenvalue weighted by Gasteiger charge is 2.04. The lowest BCUT2D eigenvalue weighted by atomic mass is 10.2. The molecule has 0 aliphatic carbocycles. The zero-order valence-corrected chi connectivity index (χ0v) is 8.98. The van der Waals surface area contributed by atoms with Gasteiger partial charge in [-0.25, -0.2) is 0 Å². The molecule has 82 valence electrons. The Hall–Kier alpha value is -1.81. The minimum atomic E-state index is 0.323. The number of aldehydes is 1. The molecule has 0 spiro atoms. The van der Waals surface area contributed by atoms with Crippen molar-refractivity contribution in [1.29, 1.82) is 0 Å². The number of ether oxygens (including phenoxy) is 1. The first kappa shape index (κ1) is 10.7. The van der Waals surface area contributed by atoms with Gasteiger partial charge in [-0.15, -0.1) is 0 Å². The summed E-state index contributed by atoms with van der Waals surface area (Å²) in [5, 5.41) is 3.95. The van der Waals surface area contributed by atoms with Crippen LogP contribution in [-0.4, -0.2) is 11.4 Å². The third-order valence-corrected chi connectivity index (χ3v) is 2.27. The van der Waals surface area contributed by atoms with Crippen LogP contribution < -0.4 is 4.74 Å². The second-order valence-corrected chi connectivity index (χ2v) is 3.54. The summed E-state index contributed by atoms with van der Waals surface area (Å²) in [5.41, 5.74) is 1.33. The van der Waals surface area contributed by atoms with Crippen LogP contribution in [0.3, 0.4) is 0 Å². The quantitative estimate of drug-likeness (QED) is 0.768. The average Bonchev–Trinajstić information content (AvgIpc) is 2.80. The van der Waals surface area contributed by atoms with Crippen molar-refractivity contribution < 1.29 is 14.1 Å². The number of benzene rings is 1. The first-order chi connectivity index (χ1) is 7.79. The topological polar surface area (TPSA) is 52.3 Å². The molecule has 2 aromatic rings. The third kappa shape index (κ3) is 2.41. The van der Waals surface area contributed by atoms with Crippen molar-refractivity contribution in [3.8, 4) is 5.75 Å². The highest BCUT2D eigenvalue weighted by molar-refractivity contribution is 6.32. The minimum absolute atomic E-state index is 0.323. The van der Waals surface area contributed by atoms with Crippen molar-refractivity contribution in [3.63, 3.8) is 0 Å². The zero-order chi connectivity index (χ0) is 11.4. The van der Waals surface area contributed by atoms with E-state index < -0.39 is 0 Å². The molecule has 5 heteroatoms. The van der Waals surface area contributed by atoms with Gasteiger partial charge in [-0.1, -0.05) is 16.8 Å². The summed E-state index contributed by atoms with van der Waals surface area (Å²) >= 11 is 5.93. The van der Waals surface area contributed by atoms with Gasteiger partial charge in [-0.05, 0) is 18.2 Å². The van der Waals surface area contributed by atoms with E-state index in [9.17, 15) is 4.79 Å². The second-order valence-electron chi connectivity index (χ2n) is 3.13. The molecule has 2 rings (SSSR count). The predicted molar refractivity (Wildman–Crippen MR) is 57.7 cm³/mol. The van der Waals surface area contributed by atoms with Crippen molar-refractivity contribution in [2.75, 3.05) is 0 Å². The molecule has 0 aliphatic rings. The summed E-state index contributed by atoms with van der Waals surface area (Å²) in [6.07, 6.45) is 3.79. The molecule has 0 N–H and O–H groups in total. The van der Waals surface area contributed by atoms with Crippen LogP contribution >= 0.6 is 11.6 Å². The van der Waals surface area contributed by atoms with Crippen LogP contribution in [0.5, 0.6) is 5.75 Å². The van der Waals surface area contributed by atoms with E-state index in [1.54, 1.807) is 24.4 Å². The maximum atomic E-state index is 10.5.